The Kier molecular flexibility index (Phi) is 5.26. The summed E-state index contributed by atoms with van der Waals surface area (Å²) < 4.78 is 20.4. The smallest absolute Gasteiger partial charge is 0.319 e. The molecule has 5 rings (SSSR count). The van der Waals surface area contributed by atoms with Gasteiger partial charge in [-0.2, -0.15) is 0 Å². The summed E-state index contributed by atoms with van der Waals surface area (Å²) in [6.45, 7) is 0. The van der Waals surface area contributed by atoms with Crippen molar-refractivity contribution in [3.05, 3.63) is 95.3 Å². The number of amides is 3. The second-order valence-corrected chi connectivity index (χ2v) is 7.81. The fourth-order valence-electron chi connectivity index (χ4n) is 4.06. The topological polar surface area (TPSA) is 83.0 Å². The van der Waals surface area contributed by atoms with Crippen LogP contribution >= 0.6 is 0 Å². The molecule has 0 bridgehead atoms. The van der Waals surface area contributed by atoms with Crippen LogP contribution in [0.15, 0.2) is 77.8 Å². The van der Waals surface area contributed by atoms with E-state index in [4.69, 9.17) is 4.74 Å². The molecule has 2 aliphatic rings. The molecule has 0 fully saturated rings. The summed E-state index contributed by atoms with van der Waals surface area (Å²) in [6.07, 6.45) is -1.30. The lowest BCUT2D eigenvalue weighted by molar-refractivity contribution is -0.119. The van der Waals surface area contributed by atoms with Crippen molar-refractivity contribution in [1.82, 2.24) is 10.6 Å². The summed E-state index contributed by atoms with van der Waals surface area (Å²) in [5.74, 6) is -0.202. The lowest BCUT2D eigenvalue weighted by atomic mass is 10.00. The molecule has 2 atom stereocenters. The van der Waals surface area contributed by atoms with Gasteiger partial charge in [-0.3, -0.25) is 4.79 Å². The van der Waals surface area contributed by atoms with E-state index >= 15 is 0 Å². The highest BCUT2D eigenvalue weighted by Crippen LogP contribution is 2.29. The van der Waals surface area contributed by atoms with Gasteiger partial charge < -0.3 is 20.3 Å². The molecule has 166 valence electrons. The zero-order chi connectivity index (χ0) is 22.9. The van der Waals surface area contributed by atoms with E-state index in [1.54, 1.807) is 49.5 Å². The standard InChI is InChI=1S/C25H21FN4O3/c1-30-19-12-6-4-10-17(19)22(16-9-3-5-11-18(16)26)28-23(24(30)31)29-25(32)27-21-14-15-8-2-7-13-20(15)33-21/h2-13,21,23H,14H2,1H3,(H2,27,29,32). The number of nitrogens with one attached hydrogen (secondary N) is 2. The maximum absolute atomic E-state index is 14.7. The molecular weight excluding hydrogens is 423 g/mol. The monoisotopic (exact) mass is 444 g/mol. The number of aliphatic imine (C=N–C) groups is 1. The summed E-state index contributed by atoms with van der Waals surface area (Å²) in [7, 11) is 1.60. The first-order valence-corrected chi connectivity index (χ1v) is 10.5. The highest BCUT2D eigenvalue weighted by atomic mass is 19.1. The predicted octanol–water partition coefficient (Wildman–Crippen LogP) is 3.23. The van der Waals surface area contributed by atoms with E-state index in [0.29, 0.717) is 23.4 Å². The quantitative estimate of drug-likeness (QED) is 0.651. The number of anilines is 1. The van der Waals surface area contributed by atoms with Crippen molar-refractivity contribution in [3.8, 4) is 5.75 Å². The molecule has 0 saturated heterocycles. The Hall–Kier alpha value is -4.20. The fourth-order valence-corrected chi connectivity index (χ4v) is 4.06. The van der Waals surface area contributed by atoms with E-state index in [9.17, 15) is 14.0 Å². The molecule has 2 aliphatic heterocycles. The minimum Gasteiger partial charge on any atom is -0.470 e. The van der Waals surface area contributed by atoms with Crippen LogP contribution in [0.3, 0.4) is 0 Å². The van der Waals surface area contributed by atoms with E-state index in [1.807, 2.05) is 24.3 Å². The van der Waals surface area contributed by atoms with Crippen molar-refractivity contribution in [1.29, 1.82) is 0 Å². The Labute approximate surface area is 189 Å². The van der Waals surface area contributed by atoms with Crippen LogP contribution in [0.1, 0.15) is 16.7 Å². The number of fused-ring (bicyclic) bond motifs is 2. The molecule has 0 spiro atoms. The maximum atomic E-state index is 14.7. The van der Waals surface area contributed by atoms with E-state index in [-0.39, 0.29) is 11.3 Å². The summed E-state index contributed by atoms with van der Waals surface area (Å²) >= 11 is 0. The Morgan fingerprint density at radius 1 is 1.00 bits per heavy atom. The first-order valence-electron chi connectivity index (χ1n) is 10.5. The fraction of sp³-hybridized carbons (Fsp3) is 0.160. The number of hydrogen-bond donors (Lipinski definition) is 2. The van der Waals surface area contributed by atoms with E-state index in [0.717, 1.165) is 5.56 Å². The van der Waals surface area contributed by atoms with E-state index < -0.39 is 30.1 Å². The molecule has 0 aliphatic carbocycles. The second-order valence-electron chi connectivity index (χ2n) is 7.81. The molecule has 2 N–H and O–H groups in total. The zero-order valence-corrected chi connectivity index (χ0v) is 17.8. The van der Waals surface area contributed by atoms with Crippen molar-refractivity contribution in [3.63, 3.8) is 0 Å². The first-order chi connectivity index (χ1) is 16.0. The van der Waals surface area contributed by atoms with Crippen molar-refractivity contribution in [2.24, 2.45) is 4.99 Å². The number of benzene rings is 3. The van der Waals surface area contributed by atoms with Crippen LogP contribution in [0.4, 0.5) is 14.9 Å². The molecule has 3 amide bonds. The highest BCUT2D eigenvalue weighted by Gasteiger charge is 2.32. The molecule has 0 aromatic heterocycles. The SMILES string of the molecule is CN1C(=O)C(NC(=O)NC2Cc3ccccc3O2)N=C(c2ccccc2F)c2ccccc21. The first kappa shape index (κ1) is 20.7. The largest absolute Gasteiger partial charge is 0.470 e. The van der Waals surface area contributed by atoms with E-state index in [2.05, 4.69) is 15.6 Å². The van der Waals surface area contributed by atoms with Crippen LogP contribution in [0.25, 0.3) is 0 Å². The van der Waals surface area contributed by atoms with Gasteiger partial charge in [0.1, 0.15) is 11.6 Å². The van der Waals surface area contributed by atoms with Gasteiger partial charge in [-0.15, -0.1) is 0 Å². The van der Waals surface area contributed by atoms with E-state index in [1.165, 1.54) is 11.0 Å². The van der Waals surface area contributed by atoms with Gasteiger partial charge in [0.15, 0.2) is 6.23 Å². The number of ether oxygens (including phenoxy) is 1. The Balaban J connectivity index is 1.43. The number of hydrogen-bond acceptors (Lipinski definition) is 4. The van der Waals surface area contributed by atoms with Crippen molar-refractivity contribution >= 4 is 23.3 Å². The third kappa shape index (κ3) is 3.91. The number of likely N-dealkylation sites (N-methyl/N-ethyl adjacent to an activating group) is 1. The molecule has 8 heteroatoms. The molecule has 0 radical (unpaired) electrons. The van der Waals surface area contributed by atoms with Gasteiger partial charge >= 0.3 is 6.03 Å². The van der Waals surface area contributed by atoms with Crippen molar-refractivity contribution in [2.75, 3.05) is 11.9 Å². The number of para-hydroxylation sites is 2. The van der Waals surface area contributed by atoms with Gasteiger partial charge in [0, 0.05) is 24.6 Å². The number of halogens is 1. The normalized spacial score (nSPS) is 19.0. The molecule has 2 heterocycles. The zero-order valence-electron chi connectivity index (χ0n) is 17.8. The lowest BCUT2D eigenvalue weighted by Crippen LogP contribution is -2.52. The van der Waals surface area contributed by atoms with Crippen molar-refractivity contribution < 1.29 is 18.7 Å². The molecule has 7 nitrogen and oxygen atoms in total. The maximum Gasteiger partial charge on any atom is 0.319 e. The molecule has 3 aromatic carbocycles. The Morgan fingerprint density at radius 3 is 2.48 bits per heavy atom. The van der Waals surface area contributed by atoms with Crippen LogP contribution < -0.4 is 20.3 Å². The van der Waals surface area contributed by atoms with Gasteiger partial charge in [-0.05, 0) is 29.8 Å². The summed E-state index contributed by atoms with van der Waals surface area (Å²) in [5.41, 5.74) is 2.69. The van der Waals surface area contributed by atoms with Gasteiger partial charge in [-0.25, -0.2) is 14.2 Å². The van der Waals surface area contributed by atoms with Crippen LogP contribution in [-0.4, -0.2) is 37.1 Å². The van der Waals surface area contributed by atoms with Crippen LogP contribution in [0.2, 0.25) is 0 Å². The number of carbonyl (C=O) groups is 2. The average molecular weight is 444 g/mol. The van der Waals surface area contributed by atoms with Gasteiger partial charge in [0.2, 0.25) is 6.17 Å². The van der Waals surface area contributed by atoms with Gasteiger partial charge in [0.25, 0.3) is 5.91 Å². The number of rotatable bonds is 3. The van der Waals surface area contributed by atoms with Crippen LogP contribution in [-0.2, 0) is 11.2 Å². The molecule has 0 saturated carbocycles. The van der Waals surface area contributed by atoms with Gasteiger partial charge in [0.05, 0.1) is 11.4 Å². The third-order valence-corrected chi connectivity index (χ3v) is 5.68. The summed E-state index contributed by atoms with van der Waals surface area (Å²) in [6, 6.07) is 20.3. The minimum atomic E-state index is -1.25. The molecule has 3 aromatic rings. The van der Waals surface area contributed by atoms with Crippen molar-refractivity contribution in [2.45, 2.75) is 18.8 Å². The number of benzodiazepines with no additional fused rings is 1. The van der Waals surface area contributed by atoms with Crippen LogP contribution in [0.5, 0.6) is 5.75 Å². The number of nitrogens with zero attached hydrogens (tertiary/aromatic N) is 2. The summed E-state index contributed by atoms with van der Waals surface area (Å²) in [5, 5.41) is 5.35. The predicted molar refractivity (Wildman–Crippen MR) is 122 cm³/mol. The Bertz CT molecular complexity index is 1250. The number of carbonyl (C=O) groups excluding carboxylic acids is 2. The lowest BCUT2D eigenvalue weighted by Gasteiger charge is -2.21. The van der Waals surface area contributed by atoms with Crippen LogP contribution in [0, 0.1) is 5.82 Å². The second kappa shape index (κ2) is 8.38. The average Bonchev–Trinajstić information content (AvgIpc) is 3.19. The minimum absolute atomic E-state index is 0.245. The summed E-state index contributed by atoms with van der Waals surface area (Å²) in [4.78, 5) is 31.8. The third-order valence-electron chi connectivity index (χ3n) is 5.68. The molecule has 2 unspecified atom stereocenters. The molecular formula is C25H21FN4O3. The molecule has 33 heavy (non-hydrogen) atoms. The van der Waals surface area contributed by atoms with Gasteiger partial charge in [-0.1, -0.05) is 48.5 Å². The highest BCUT2D eigenvalue weighted by molar-refractivity contribution is 6.20. The number of urea groups is 1. The Morgan fingerprint density at radius 2 is 1.70 bits per heavy atom.